The van der Waals surface area contributed by atoms with Gasteiger partial charge in [0, 0.05) is 19.3 Å². The lowest BCUT2D eigenvalue weighted by atomic mass is 10.0. The summed E-state index contributed by atoms with van der Waals surface area (Å²) in [6.45, 7) is 6.57. The second kappa shape index (κ2) is 71.8. The lowest BCUT2D eigenvalue weighted by Crippen LogP contribution is -2.30. The van der Waals surface area contributed by atoms with Crippen LogP contribution in [0, 0.1) is 0 Å². The fourth-order valence-electron chi connectivity index (χ4n) is 11.3. The predicted octanol–water partition coefficient (Wildman–Crippen LogP) is 25.7. The fourth-order valence-corrected chi connectivity index (χ4v) is 11.3. The van der Waals surface area contributed by atoms with Gasteiger partial charge < -0.3 is 14.2 Å². The van der Waals surface area contributed by atoms with Gasteiger partial charge in [-0.15, -0.1) is 0 Å². The number of carbonyl (C=O) groups excluding carboxylic acids is 3. The molecule has 0 saturated heterocycles. The van der Waals surface area contributed by atoms with Crippen LogP contribution in [0.4, 0.5) is 0 Å². The van der Waals surface area contributed by atoms with E-state index in [0.717, 1.165) is 83.5 Å². The summed E-state index contributed by atoms with van der Waals surface area (Å²) in [6.07, 6.45) is 91.9. The molecule has 0 amide bonds. The van der Waals surface area contributed by atoms with E-state index in [-0.39, 0.29) is 31.1 Å². The first kappa shape index (κ1) is 80.4. The number of allylic oxidation sites excluding steroid dienone is 8. The third-order valence-corrected chi connectivity index (χ3v) is 16.8. The normalized spacial score (nSPS) is 12.3. The van der Waals surface area contributed by atoms with E-state index in [1.54, 1.807) is 0 Å². The number of ether oxygens (including phenoxy) is 3. The highest BCUT2D eigenvalue weighted by atomic mass is 16.6. The minimum Gasteiger partial charge on any atom is -0.462 e. The summed E-state index contributed by atoms with van der Waals surface area (Å²) in [7, 11) is 0. The molecule has 486 valence electrons. The number of hydrogen-bond acceptors (Lipinski definition) is 6. The Morgan fingerprint density at radius 2 is 0.470 bits per heavy atom. The standard InChI is InChI=1S/C77H142O6/c1-4-7-10-13-16-19-21-23-25-27-29-31-33-34-35-36-37-38-39-40-41-42-43-44-45-47-48-50-52-54-56-58-61-64-67-70-76(79)82-73-74(72-81-75(78)69-66-63-60-18-15-12-9-6-3)83-77(80)71-68-65-62-59-57-55-53-51-49-46-32-30-28-26-24-22-20-17-14-11-8-5-2/h7,10,16,19,23,25,29,31,74H,4-6,8-9,11-15,17-18,20-22,24,26-28,30,32-73H2,1-3H3/b10-7-,19-16-,25-23-,31-29-. The van der Waals surface area contributed by atoms with Gasteiger partial charge in [0.2, 0.25) is 0 Å². The zero-order chi connectivity index (χ0) is 59.9. The molecule has 83 heavy (non-hydrogen) atoms. The van der Waals surface area contributed by atoms with E-state index in [1.807, 2.05) is 0 Å². The minimum absolute atomic E-state index is 0.0647. The van der Waals surface area contributed by atoms with Crippen molar-refractivity contribution in [1.29, 1.82) is 0 Å². The first-order valence-electron chi connectivity index (χ1n) is 37.1. The molecule has 6 nitrogen and oxygen atoms in total. The second-order valence-corrected chi connectivity index (χ2v) is 25.2. The minimum atomic E-state index is -0.766. The molecule has 0 rings (SSSR count). The fraction of sp³-hybridized carbons (Fsp3) is 0.857. The van der Waals surface area contributed by atoms with E-state index < -0.39 is 6.10 Å². The highest BCUT2D eigenvalue weighted by Gasteiger charge is 2.20. The van der Waals surface area contributed by atoms with Gasteiger partial charge >= 0.3 is 17.9 Å². The van der Waals surface area contributed by atoms with Crippen LogP contribution in [0.25, 0.3) is 0 Å². The molecule has 0 fully saturated rings. The predicted molar refractivity (Wildman–Crippen MR) is 362 cm³/mol. The van der Waals surface area contributed by atoms with Crippen molar-refractivity contribution < 1.29 is 28.6 Å². The molecule has 0 saturated carbocycles. The van der Waals surface area contributed by atoms with Crippen LogP contribution in [0.2, 0.25) is 0 Å². The van der Waals surface area contributed by atoms with E-state index in [9.17, 15) is 14.4 Å². The van der Waals surface area contributed by atoms with E-state index in [4.69, 9.17) is 14.2 Å². The molecule has 6 heteroatoms. The summed E-state index contributed by atoms with van der Waals surface area (Å²) in [5, 5.41) is 0. The SMILES string of the molecule is CC/C=C\C/C=C\C/C=C\C/C=C\CCCCCCCCCCCCCCCCCCCCCCCCC(=O)OCC(COC(=O)CCCCCCCCCC)OC(=O)CCCCCCCCCCCCCCCCCCCCCCCC. The van der Waals surface area contributed by atoms with Gasteiger partial charge in [-0.25, -0.2) is 0 Å². The van der Waals surface area contributed by atoms with Gasteiger partial charge in [0.05, 0.1) is 0 Å². The summed E-state index contributed by atoms with van der Waals surface area (Å²) in [6, 6.07) is 0. The van der Waals surface area contributed by atoms with Gasteiger partial charge in [-0.3, -0.25) is 14.4 Å². The van der Waals surface area contributed by atoms with Crippen molar-refractivity contribution in [3.05, 3.63) is 48.6 Å². The van der Waals surface area contributed by atoms with Crippen LogP contribution >= 0.6 is 0 Å². The Bertz CT molecular complexity index is 1430. The largest absolute Gasteiger partial charge is 0.462 e. The summed E-state index contributed by atoms with van der Waals surface area (Å²) >= 11 is 0. The summed E-state index contributed by atoms with van der Waals surface area (Å²) in [5.74, 6) is -0.838. The van der Waals surface area contributed by atoms with Crippen molar-refractivity contribution in [1.82, 2.24) is 0 Å². The molecule has 1 unspecified atom stereocenters. The summed E-state index contributed by atoms with van der Waals surface area (Å²) in [4.78, 5) is 38.3. The van der Waals surface area contributed by atoms with E-state index in [1.165, 1.54) is 283 Å². The third-order valence-electron chi connectivity index (χ3n) is 16.8. The first-order valence-corrected chi connectivity index (χ1v) is 37.1. The van der Waals surface area contributed by atoms with Crippen molar-refractivity contribution >= 4 is 17.9 Å². The maximum atomic E-state index is 12.9. The number of esters is 3. The highest BCUT2D eigenvalue weighted by Crippen LogP contribution is 2.19. The topological polar surface area (TPSA) is 78.9 Å². The average Bonchev–Trinajstić information content (AvgIpc) is 3.49. The summed E-state index contributed by atoms with van der Waals surface area (Å²) in [5.41, 5.74) is 0. The average molecular weight is 1160 g/mol. The van der Waals surface area contributed by atoms with Gasteiger partial charge in [0.15, 0.2) is 6.10 Å². The lowest BCUT2D eigenvalue weighted by Gasteiger charge is -2.18. The van der Waals surface area contributed by atoms with Crippen molar-refractivity contribution in [3.63, 3.8) is 0 Å². The molecule has 0 spiro atoms. The Balaban J connectivity index is 3.97. The van der Waals surface area contributed by atoms with Crippen molar-refractivity contribution in [3.8, 4) is 0 Å². The van der Waals surface area contributed by atoms with Crippen LogP contribution in [0.5, 0.6) is 0 Å². The maximum Gasteiger partial charge on any atom is 0.306 e. The van der Waals surface area contributed by atoms with E-state index in [0.29, 0.717) is 19.3 Å². The van der Waals surface area contributed by atoms with Crippen LogP contribution in [0.1, 0.15) is 406 Å². The molecule has 0 aliphatic carbocycles. The van der Waals surface area contributed by atoms with Gasteiger partial charge in [0.25, 0.3) is 0 Å². The van der Waals surface area contributed by atoms with Crippen LogP contribution in [0.3, 0.4) is 0 Å². The Hall–Kier alpha value is -2.63. The highest BCUT2D eigenvalue weighted by molar-refractivity contribution is 5.71. The molecule has 0 heterocycles. The van der Waals surface area contributed by atoms with Gasteiger partial charge in [0.1, 0.15) is 13.2 Å². The molecule has 0 aromatic heterocycles. The molecule has 0 radical (unpaired) electrons. The zero-order valence-corrected chi connectivity index (χ0v) is 56.0. The molecule has 0 aliphatic rings. The van der Waals surface area contributed by atoms with Crippen LogP contribution < -0.4 is 0 Å². The molecule has 0 aromatic carbocycles. The van der Waals surface area contributed by atoms with Crippen LogP contribution in [0.15, 0.2) is 48.6 Å². The number of carbonyl (C=O) groups is 3. The van der Waals surface area contributed by atoms with Gasteiger partial charge in [-0.2, -0.15) is 0 Å². The van der Waals surface area contributed by atoms with Crippen molar-refractivity contribution in [2.24, 2.45) is 0 Å². The second-order valence-electron chi connectivity index (χ2n) is 25.2. The number of rotatable bonds is 69. The Morgan fingerprint density at radius 1 is 0.253 bits per heavy atom. The Morgan fingerprint density at radius 3 is 0.735 bits per heavy atom. The summed E-state index contributed by atoms with van der Waals surface area (Å²) < 4.78 is 16.9. The molecule has 0 N–H and O–H groups in total. The first-order chi connectivity index (χ1) is 41.0. The molecule has 1 atom stereocenters. The lowest BCUT2D eigenvalue weighted by molar-refractivity contribution is -0.167. The molecule has 0 bridgehead atoms. The monoisotopic (exact) mass is 1160 g/mol. The zero-order valence-electron chi connectivity index (χ0n) is 56.0. The molecule has 0 aromatic rings. The van der Waals surface area contributed by atoms with Crippen molar-refractivity contribution in [2.45, 2.75) is 412 Å². The number of unbranched alkanes of at least 4 members (excludes halogenated alkanes) is 50. The van der Waals surface area contributed by atoms with Gasteiger partial charge in [-0.1, -0.05) is 378 Å². The Labute approximate surface area is 518 Å². The molecule has 0 aliphatic heterocycles. The quantitative estimate of drug-likeness (QED) is 0.0261. The maximum absolute atomic E-state index is 12.9. The third kappa shape index (κ3) is 70.0. The Kier molecular flexibility index (Phi) is 69.6. The molecular formula is C77H142O6. The van der Waals surface area contributed by atoms with Crippen LogP contribution in [-0.4, -0.2) is 37.2 Å². The van der Waals surface area contributed by atoms with Crippen LogP contribution in [-0.2, 0) is 28.6 Å². The smallest absolute Gasteiger partial charge is 0.306 e. The van der Waals surface area contributed by atoms with E-state index in [2.05, 4.69) is 69.4 Å². The van der Waals surface area contributed by atoms with Gasteiger partial charge in [-0.05, 0) is 57.8 Å². The molecular weight excluding hydrogens is 1020 g/mol. The van der Waals surface area contributed by atoms with Crippen molar-refractivity contribution in [2.75, 3.05) is 13.2 Å². The van der Waals surface area contributed by atoms with E-state index >= 15 is 0 Å². The number of hydrogen-bond donors (Lipinski definition) is 0.